The second-order valence-corrected chi connectivity index (χ2v) is 10.2. The van der Waals surface area contributed by atoms with Crippen LogP contribution in [0.2, 0.25) is 0 Å². The summed E-state index contributed by atoms with van der Waals surface area (Å²) in [6, 6.07) is 8.98. The molecule has 2 unspecified atom stereocenters. The van der Waals surface area contributed by atoms with E-state index in [0.717, 1.165) is 18.1 Å². The summed E-state index contributed by atoms with van der Waals surface area (Å²) in [5, 5.41) is 3.38. The van der Waals surface area contributed by atoms with Crippen molar-refractivity contribution in [2.75, 3.05) is 22.5 Å². The molecular weight excluding hydrogens is 346 g/mol. The molecular formula is C23H33N5. The highest BCUT2D eigenvalue weighted by Crippen LogP contribution is 2.54. The minimum absolute atomic E-state index is 0.337. The fourth-order valence-corrected chi connectivity index (χ4v) is 5.51. The van der Waals surface area contributed by atoms with Crippen LogP contribution in [-0.2, 0) is 0 Å². The monoisotopic (exact) mass is 379 g/mol. The van der Waals surface area contributed by atoms with Gasteiger partial charge in [0.25, 0.3) is 0 Å². The number of nitrogens with two attached hydrogens (primary N) is 1. The van der Waals surface area contributed by atoms with Crippen LogP contribution in [0, 0.1) is 10.8 Å². The molecule has 2 heterocycles. The summed E-state index contributed by atoms with van der Waals surface area (Å²) in [4.78, 5) is 11.4. The summed E-state index contributed by atoms with van der Waals surface area (Å²) in [6.45, 7) is 12.6. The largest absolute Gasteiger partial charge is 0.393 e. The zero-order chi connectivity index (χ0) is 20.1. The molecule has 5 nitrogen and oxygen atoms in total. The van der Waals surface area contributed by atoms with Gasteiger partial charge < -0.3 is 16.0 Å². The molecule has 3 N–H and O–H groups in total. The van der Waals surface area contributed by atoms with Gasteiger partial charge in [-0.2, -0.15) is 0 Å². The van der Waals surface area contributed by atoms with Crippen molar-refractivity contribution in [3.63, 3.8) is 0 Å². The van der Waals surface area contributed by atoms with Gasteiger partial charge in [0.1, 0.15) is 12.0 Å². The maximum atomic E-state index is 6.55. The van der Waals surface area contributed by atoms with Crippen LogP contribution in [-0.4, -0.2) is 22.6 Å². The Labute approximate surface area is 168 Å². The topological polar surface area (TPSA) is 67.1 Å². The molecule has 4 rings (SSSR count). The van der Waals surface area contributed by atoms with Crippen LogP contribution in [0.25, 0.3) is 0 Å². The Morgan fingerprint density at radius 3 is 2.50 bits per heavy atom. The summed E-state index contributed by atoms with van der Waals surface area (Å²) >= 11 is 0. The van der Waals surface area contributed by atoms with Gasteiger partial charge in [0, 0.05) is 18.3 Å². The third-order valence-electron chi connectivity index (χ3n) is 6.39. The lowest BCUT2D eigenvalue weighted by molar-refractivity contribution is 0.136. The van der Waals surface area contributed by atoms with Crippen LogP contribution in [0.1, 0.15) is 65.4 Å². The van der Waals surface area contributed by atoms with Crippen molar-refractivity contribution in [2.24, 2.45) is 10.8 Å². The number of rotatable bonds is 4. The molecule has 2 fully saturated rings. The number of aromatic nitrogens is 2. The molecule has 1 saturated carbocycles. The standard InChI is InChI=1S/C23H33N5/c1-15(2)16-6-8-17(9-7-16)27-20-19(24)21(26-14-25-20)28-13-23(5)11-18(28)10-22(3,4)12-23/h6-9,14-15,18H,10-13,24H2,1-5H3,(H,25,26,27). The molecule has 0 amide bonds. The van der Waals surface area contributed by atoms with Gasteiger partial charge >= 0.3 is 0 Å². The van der Waals surface area contributed by atoms with Gasteiger partial charge in [-0.25, -0.2) is 9.97 Å². The van der Waals surface area contributed by atoms with Gasteiger partial charge in [-0.1, -0.05) is 46.8 Å². The first-order chi connectivity index (χ1) is 13.2. The number of hydrogen-bond acceptors (Lipinski definition) is 5. The molecule has 1 aliphatic carbocycles. The second-order valence-electron chi connectivity index (χ2n) is 10.2. The van der Waals surface area contributed by atoms with Crippen LogP contribution >= 0.6 is 0 Å². The normalized spacial score (nSPS) is 25.9. The SMILES string of the molecule is CC(C)c1ccc(Nc2ncnc(N3CC4(C)CC3CC(C)(C)C4)c2N)cc1. The predicted molar refractivity (Wildman–Crippen MR) is 117 cm³/mol. The Bertz CT molecular complexity index is 858. The van der Waals surface area contributed by atoms with Crippen LogP contribution in [0.5, 0.6) is 0 Å². The van der Waals surface area contributed by atoms with E-state index in [4.69, 9.17) is 5.73 Å². The highest BCUT2D eigenvalue weighted by atomic mass is 15.3. The molecule has 2 aliphatic rings. The molecule has 1 aromatic carbocycles. The maximum Gasteiger partial charge on any atom is 0.159 e. The minimum atomic E-state index is 0.337. The first-order valence-corrected chi connectivity index (χ1v) is 10.4. The molecule has 28 heavy (non-hydrogen) atoms. The third kappa shape index (κ3) is 3.54. The number of nitrogen functional groups attached to an aromatic ring is 1. The van der Waals surface area contributed by atoms with Crippen molar-refractivity contribution in [1.82, 2.24) is 9.97 Å². The molecule has 150 valence electrons. The summed E-state index contributed by atoms with van der Waals surface area (Å²) < 4.78 is 0. The lowest BCUT2D eigenvalue weighted by Crippen LogP contribution is -2.35. The molecule has 1 aromatic heterocycles. The van der Waals surface area contributed by atoms with E-state index in [2.05, 4.69) is 79.1 Å². The van der Waals surface area contributed by atoms with Gasteiger partial charge in [-0.3, -0.25) is 0 Å². The summed E-state index contributed by atoms with van der Waals surface area (Å²) in [6.07, 6.45) is 5.29. The number of anilines is 4. The van der Waals surface area contributed by atoms with E-state index in [0.29, 0.717) is 34.3 Å². The molecule has 0 radical (unpaired) electrons. The van der Waals surface area contributed by atoms with Crippen molar-refractivity contribution in [3.05, 3.63) is 36.2 Å². The van der Waals surface area contributed by atoms with E-state index in [9.17, 15) is 0 Å². The van der Waals surface area contributed by atoms with Gasteiger partial charge in [0.05, 0.1) is 0 Å². The lowest BCUT2D eigenvalue weighted by Gasteiger charge is -2.39. The Morgan fingerprint density at radius 1 is 1.11 bits per heavy atom. The van der Waals surface area contributed by atoms with Crippen molar-refractivity contribution in [3.8, 4) is 0 Å². The smallest absolute Gasteiger partial charge is 0.159 e. The van der Waals surface area contributed by atoms with Crippen molar-refractivity contribution >= 4 is 23.0 Å². The van der Waals surface area contributed by atoms with Crippen LogP contribution < -0.4 is 16.0 Å². The van der Waals surface area contributed by atoms with Gasteiger partial charge in [-0.05, 0) is 53.7 Å². The van der Waals surface area contributed by atoms with Crippen molar-refractivity contribution < 1.29 is 0 Å². The van der Waals surface area contributed by atoms with E-state index in [1.165, 1.54) is 24.8 Å². The van der Waals surface area contributed by atoms with E-state index >= 15 is 0 Å². The Morgan fingerprint density at radius 2 is 1.82 bits per heavy atom. The number of benzene rings is 1. The van der Waals surface area contributed by atoms with Crippen LogP contribution in [0.15, 0.2) is 30.6 Å². The summed E-state index contributed by atoms with van der Waals surface area (Å²) in [5.41, 5.74) is 10.2. The molecule has 5 heteroatoms. The van der Waals surface area contributed by atoms with E-state index in [1.807, 2.05) is 0 Å². The van der Waals surface area contributed by atoms with E-state index in [-0.39, 0.29) is 0 Å². The highest BCUT2D eigenvalue weighted by molar-refractivity contribution is 5.78. The molecule has 2 aromatic rings. The maximum absolute atomic E-state index is 6.55. The zero-order valence-corrected chi connectivity index (χ0v) is 17.8. The van der Waals surface area contributed by atoms with Crippen molar-refractivity contribution in [2.45, 2.75) is 65.8 Å². The Kier molecular flexibility index (Phi) is 4.52. The Balaban J connectivity index is 1.59. The number of fused-ring (bicyclic) bond motifs is 2. The zero-order valence-electron chi connectivity index (χ0n) is 17.8. The van der Waals surface area contributed by atoms with Gasteiger partial charge in [-0.15, -0.1) is 0 Å². The van der Waals surface area contributed by atoms with Crippen LogP contribution in [0.4, 0.5) is 23.0 Å². The molecule has 2 atom stereocenters. The predicted octanol–water partition coefficient (Wildman–Crippen LogP) is 5.33. The number of nitrogens with zero attached hydrogens (tertiary/aromatic N) is 3. The van der Waals surface area contributed by atoms with E-state index < -0.39 is 0 Å². The second kappa shape index (κ2) is 6.64. The first kappa shape index (κ1) is 19.0. The van der Waals surface area contributed by atoms with Gasteiger partial charge in [0.15, 0.2) is 11.6 Å². The molecule has 1 saturated heterocycles. The van der Waals surface area contributed by atoms with E-state index in [1.54, 1.807) is 6.33 Å². The summed E-state index contributed by atoms with van der Waals surface area (Å²) in [5.74, 6) is 2.08. The average molecular weight is 380 g/mol. The lowest BCUT2D eigenvalue weighted by atomic mass is 9.65. The Hall–Kier alpha value is -2.30. The van der Waals surface area contributed by atoms with Crippen LogP contribution in [0.3, 0.4) is 0 Å². The number of nitrogens with one attached hydrogen (secondary N) is 1. The first-order valence-electron chi connectivity index (χ1n) is 10.4. The quantitative estimate of drug-likeness (QED) is 0.751. The minimum Gasteiger partial charge on any atom is -0.393 e. The summed E-state index contributed by atoms with van der Waals surface area (Å²) in [7, 11) is 0. The molecule has 0 spiro atoms. The third-order valence-corrected chi connectivity index (χ3v) is 6.39. The number of hydrogen-bond donors (Lipinski definition) is 2. The average Bonchev–Trinajstić information content (AvgIpc) is 2.86. The fraction of sp³-hybridized carbons (Fsp3) is 0.565. The highest BCUT2D eigenvalue weighted by Gasteiger charge is 2.50. The van der Waals surface area contributed by atoms with Crippen molar-refractivity contribution in [1.29, 1.82) is 0 Å². The molecule has 1 aliphatic heterocycles. The van der Waals surface area contributed by atoms with Gasteiger partial charge in [0.2, 0.25) is 0 Å². The molecule has 2 bridgehead atoms. The fourth-order valence-electron chi connectivity index (χ4n) is 5.51.